The van der Waals surface area contributed by atoms with Gasteiger partial charge in [-0.2, -0.15) is 0 Å². The van der Waals surface area contributed by atoms with Crippen LogP contribution in [-0.4, -0.2) is 20.3 Å². The molecule has 0 unspecified atom stereocenters. The van der Waals surface area contributed by atoms with Crippen molar-refractivity contribution in [3.63, 3.8) is 0 Å². The highest BCUT2D eigenvalue weighted by Gasteiger charge is 2.17. The summed E-state index contributed by atoms with van der Waals surface area (Å²) in [5.74, 6) is -0.515. The number of esters is 1. The van der Waals surface area contributed by atoms with Gasteiger partial charge in [-0.1, -0.05) is 35.9 Å². The first-order chi connectivity index (χ1) is 15.5. The first-order valence-electron chi connectivity index (χ1n) is 9.80. The summed E-state index contributed by atoms with van der Waals surface area (Å²) in [6.07, 6.45) is 0. The quantitative estimate of drug-likeness (QED) is 0.340. The number of fused-ring (bicyclic) bond motifs is 2. The van der Waals surface area contributed by atoms with E-state index in [1.807, 2.05) is 49.4 Å². The highest BCUT2D eigenvalue weighted by Crippen LogP contribution is 2.32. The van der Waals surface area contributed by atoms with Crippen LogP contribution in [0.3, 0.4) is 0 Å². The summed E-state index contributed by atoms with van der Waals surface area (Å²) in [6, 6.07) is 19.5. The lowest BCUT2D eigenvalue weighted by Crippen LogP contribution is -2.18. The van der Waals surface area contributed by atoms with Crippen molar-refractivity contribution in [2.75, 3.05) is 0 Å². The van der Waals surface area contributed by atoms with E-state index in [1.54, 1.807) is 18.2 Å². The number of aromatic nitrogens is 3. The van der Waals surface area contributed by atoms with E-state index in [1.165, 1.54) is 21.8 Å². The van der Waals surface area contributed by atoms with E-state index >= 15 is 0 Å². The number of hydrogen-bond acceptors (Lipinski definition) is 6. The second kappa shape index (κ2) is 8.18. The summed E-state index contributed by atoms with van der Waals surface area (Å²) in [5, 5.41) is 0.686. The maximum atomic E-state index is 13.0. The monoisotopic (exact) mass is 461 g/mol. The maximum Gasteiger partial charge on any atom is 0.339 e. The fourth-order valence-corrected chi connectivity index (χ4v) is 4.58. The third kappa shape index (κ3) is 3.77. The van der Waals surface area contributed by atoms with E-state index in [0.29, 0.717) is 37.8 Å². The van der Waals surface area contributed by atoms with Crippen molar-refractivity contribution in [3.05, 3.63) is 98.4 Å². The Bertz CT molecular complexity index is 1560. The molecule has 32 heavy (non-hydrogen) atoms. The second-order valence-electron chi connectivity index (χ2n) is 7.20. The minimum atomic E-state index is -0.515. The van der Waals surface area contributed by atoms with Crippen LogP contribution in [0, 0.1) is 6.92 Å². The molecule has 0 saturated carbocycles. The summed E-state index contributed by atoms with van der Waals surface area (Å²) < 4.78 is 7.71. The van der Waals surface area contributed by atoms with Gasteiger partial charge in [0.05, 0.1) is 31.7 Å². The van der Waals surface area contributed by atoms with Gasteiger partial charge in [-0.05, 0) is 43.3 Å². The molecular weight excluding hydrogens is 446 g/mol. The molecule has 0 amide bonds. The number of carbonyl (C=O) groups is 1. The van der Waals surface area contributed by atoms with Crippen LogP contribution < -0.4 is 5.56 Å². The van der Waals surface area contributed by atoms with E-state index in [4.69, 9.17) is 16.3 Å². The molecule has 0 fully saturated rings. The molecule has 4 heterocycles. The van der Waals surface area contributed by atoms with Gasteiger partial charge in [-0.15, -0.1) is 11.3 Å². The molecule has 5 rings (SSSR count). The molecular formula is C24H16ClN3O3S. The zero-order valence-corrected chi connectivity index (χ0v) is 18.5. The van der Waals surface area contributed by atoms with Crippen LogP contribution in [0.25, 0.3) is 27.1 Å². The van der Waals surface area contributed by atoms with E-state index < -0.39 is 5.97 Å². The zero-order valence-electron chi connectivity index (χ0n) is 16.9. The van der Waals surface area contributed by atoms with Crippen LogP contribution in [0.2, 0.25) is 4.34 Å². The number of rotatable bonds is 4. The molecule has 0 N–H and O–H groups in total. The lowest BCUT2D eigenvalue weighted by molar-refractivity contribution is 0.0470. The molecule has 0 spiro atoms. The highest BCUT2D eigenvalue weighted by atomic mass is 35.5. The summed E-state index contributed by atoms with van der Waals surface area (Å²) in [4.78, 5) is 35.5. The summed E-state index contributed by atoms with van der Waals surface area (Å²) in [5.41, 5.74) is 3.18. The van der Waals surface area contributed by atoms with Gasteiger partial charge < -0.3 is 4.74 Å². The molecule has 0 bridgehead atoms. The van der Waals surface area contributed by atoms with E-state index in [9.17, 15) is 9.59 Å². The van der Waals surface area contributed by atoms with Crippen LogP contribution in [0.4, 0.5) is 0 Å². The molecule has 4 aromatic heterocycles. The van der Waals surface area contributed by atoms with Gasteiger partial charge >= 0.3 is 5.97 Å². The van der Waals surface area contributed by atoms with Crippen LogP contribution in [0.5, 0.6) is 0 Å². The molecule has 158 valence electrons. The topological polar surface area (TPSA) is 73.6 Å². The molecule has 0 aliphatic carbocycles. The smallest absolute Gasteiger partial charge is 0.339 e. The number of ether oxygens (including phenoxy) is 1. The Hall–Kier alpha value is -3.55. The van der Waals surface area contributed by atoms with Crippen LogP contribution in [0.15, 0.2) is 71.5 Å². The number of halogens is 1. The predicted molar refractivity (Wildman–Crippen MR) is 125 cm³/mol. The number of para-hydroxylation sites is 1. The van der Waals surface area contributed by atoms with Crippen molar-refractivity contribution >= 4 is 45.5 Å². The molecule has 0 atom stereocenters. The molecule has 0 saturated heterocycles. The summed E-state index contributed by atoms with van der Waals surface area (Å²) in [6.45, 7) is 1.72. The minimum absolute atomic E-state index is 0.116. The molecule has 0 aliphatic heterocycles. The fourth-order valence-electron chi connectivity index (χ4n) is 3.58. The average Bonchev–Trinajstić information content (AvgIpc) is 3.23. The van der Waals surface area contributed by atoms with Gasteiger partial charge in [0.2, 0.25) is 0 Å². The van der Waals surface area contributed by atoms with Gasteiger partial charge in [-0.25, -0.2) is 14.8 Å². The number of carbonyl (C=O) groups excluding carboxylic acids is 1. The lowest BCUT2D eigenvalue weighted by Gasteiger charge is -2.10. The van der Waals surface area contributed by atoms with E-state index in [2.05, 4.69) is 9.97 Å². The standard InChI is InChI=1S/C24H16ClN3O3S/c1-14-5-4-8-22-26-15(11-23(29)28(14)22)13-31-24(30)17-12-19(20-9-10-21(25)32-20)27-18-7-3-2-6-16(17)18/h2-12H,13H2,1H3. The SMILES string of the molecule is Cc1cccc2nc(COC(=O)c3cc(-c4ccc(Cl)s4)nc4ccccc34)cc(=O)n12. The number of hydrogen-bond donors (Lipinski definition) is 0. The van der Waals surface area contributed by atoms with Gasteiger partial charge in [0.25, 0.3) is 5.56 Å². The molecule has 8 heteroatoms. The third-order valence-electron chi connectivity index (χ3n) is 5.05. The van der Waals surface area contributed by atoms with Crippen molar-refractivity contribution in [2.24, 2.45) is 0 Å². The predicted octanol–water partition coefficient (Wildman–Crippen LogP) is 5.29. The number of pyridine rings is 2. The fraction of sp³-hybridized carbons (Fsp3) is 0.0833. The van der Waals surface area contributed by atoms with E-state index in [0.717, 1.165) is 10.6 Å². The van der Waals surface area contributed by atoms with Gasteiger partial charge in [-0.3, -0.25) is 9.20 Å². The Labute approximate surface area is 191 Å². The molecule has 0 aliphatic rings. The lowest BCUT2D eigenvalue weighted by atomic mass is 10.1. The van der Waals surface area contributed by atoms with Crippen molar-refractivity contribution in [1.82, 2.24) is 14.4 Å². The Morgan fingerprint density at radius 2 is 1.91 bits per heavy atom. The largest absolute Gasteiger partial charge is 0.456 e. The zero-order chi connectivity index (χ0) is 22.2. The summed E-state index contributed by atoms with van der Waals surface area (Å²) >= 11 is 7.46. The first-order valence-corrected chi connectivity index (χ1v) is 11.0. The first kappa shape index (κ1) is 20.4. The number of nitrogens with zero attached hydrogens (tertiary/aromatic N) is 3. The Morgan fingerprint density at radius 3 is 2.72 bits per heavy atom. The number of thiophene rings is 1. The Kier molecular flexibility index (Phi) is 5.20. The maximum absolute atomic E-state index is 13.0. The van der Waals surface area contributed by atoms with Crippen LogP contribution in [-0.2, 0) is 11.3 Å². The Morgan fingerprint density at radius 1 is 1.06 bits per heavy atom. The van der Waals surface area contributed by atoms with Crippen molar-refractivity contribution < 1.29 is 9.53 Å². The third-order valence-corrected chi connectivity index (χ3v) is 6.30. The average molecular weight is 462 g/mol. The van der Waals surface area contributed by atoms with Gasteiger partial charge in [0.15, 0.2) is 0 Å². The molecule has 5 aromatic rings. The number of aryl methyl sites for hydroxylation is 1. The number of benzene rings is 1. The van der Waals surface area contributed by atoms with Gasteiger partial charge in [0.1, 0.15) is 12.3 Å². The van der Waals surface area contributed by atoms with Crippen molar-refractivity contribution in [1.29, 1.82) is 0 Å². The van der Waals surface area contributed by atoms with Crippen LogP contribution in [0.1, 0.15) is 21.7 Å². The summed E-state index contributed by atoms with van der Waals surface area (Å²) in [7, 11) is 0. The van der Waals surface area contributed by atoms with E-state index in [-0.39, 0.29) is 12.2 Å². The molecule has 0 radical (unpaired) electrons. The minimum Gasteiger partial charge on any atom is -0.456 e. The Balaban J connectivity index is 1.49. The van der Waals surface area contributed by atoms with Gasteiger partial charge in [0, 0.05) is 17.1 Å². The van der Waals surface area contributed by atoms with Crippen molar-refractivity contribution in [3.8, 4) is 10.6 Å². The normalized spacial score (nSPS) is 11.2. The van der Waals surface area contributed by atoms with Crippen molar-refractivity contribution in [2.45, 2.75) is 13.5 Å². The second-order valence-corrected chi connectivity index (χ2v) is 8.91. The highest BCUT2D eigenvalue weighted by molar-refractivity contribution is 7.19. The molecule has 6 nitrogen and oxygen atoms in total. The molecule has 1 aromatic carbocycles. The van der Waals surface area contributed by atoms with Crippen LogP contribution >= 0.6 is 22.9 Å².